The number of imidazole rings is 1. The van der Waals surface area contributed by atoms with Crippen LogP contribution in [-0.2, 0) is 6.54 Å². The van der Waals surface area contributed by atoms with Crippen LogP contribution in [0.15, 0.2) is 34.9 Å². The molecule has 0 saturated carbocycles. The van der Waals surface area contributed by atoms with E-state index in [-0.39, 0.29) is 0 Å². The molecule has 3 aromatic rings. The molecule has 1 saturated heterocycles. The van der Waals surface area contributed by atoms with Crippen LogP contribution in [0.1, 0.15) is 25.5 Å². The maximum Gasteiger partial charge on any atom is 0.178 e. The van der Waals surface area contributed by atoms with Gasteiger partial charge >= 0.3 is 0 Å². The van der Waals surface area contributed by atoms with E-state index in [4.69, 9.17) is 9.40 Å². The van der Waals surface area contributed by atoms with Gasteiger partial charge in [0.15, 0.2) is 17.2 Å². The molecule has 120 valence electrons. The first-order chi connectivity index (χ1) is 11.3. The van der Waals surface area contributed by atoms with Gasteiger partial charge in [0, 0.05) is 18.8 Å². The second-order valence-corrected chi connectivity index (χ2v) is 6.23. The zero-order chi connectivity index (χ0) is 15.8. The van der Waals surface area contributed by atoms with Crippen molar-refractivity contribution in [2.45, 2.75) is 39.3 Å². The molecule has 1 aliphatic heterocycles. The fourth-order valence-corrected chi connectivity index (χ4v) is 3.60. The first-order valence-corrected chi connectivity index (χ1v) is 8.38. The van der Waals surface area contributed by atoms with Crippen LogP contribution in [0.2, 0.25) is 0 Å². The molecule has 23 heavy (non-hydrogen) atoms. The molecule has 0 spiro atoms. The predicted molar refractivity (Wildman–Crippen MR) is 90.2 cm³/mol. The van der Waals surface area contributed by atoms with Crippen LogP contribution >= 0.6 is 0 Å². The average molecular weight is 310 g/mol. The monoisotopic (exact) mass is 310 g/mol. The lowest BCUT2D eigenvalue weighted by atomic mass is 10.2. The van der Waals surface area contributed by atoms with Crippen LogP contribution < -0.4 is 0 Å². The van der Waals surface area contributed by atoms with Crippen LogP contribution in [0.3, 0.4) is 0 Å². The van der Waals surface area contributed by atoms with Crippen LogP contribution in [0.5, 0.6) is 0 Å². The van der Waals surface area contributed by atoms with E-state index in [1.807, 2.05) is 37.4 Å². The summed E-state index contributed by atoms with van der Waals surface area (Å²) in [4.78, 5) is 11.9. The number of fused-ring (bicyclic) bond motifs is 1. The van der Waals surface area contributed by atoms with Gasteiger partial charge in [-0.1, -0.05) is 6.92 Å². The van der Waals surface area contributed by atoms with Crippen molar-refractivity contribution in [3.63, 3.8) is 0 Å². The largest absolute Gasteiger partial charge is 0.458 e. The molecule has 5 nitrogen and oxygen atoms in total. The molecule has 0 radical (unpaired) electrons. The van der Waals surface area contributed by atoms with Gasteiger partial charge < -0.3 is 8.98 Å². The SMILES string of the molecule is CCN1CCCC1Cn1c(-c2ccc(C)o2)nc2cccnc21. The molecule has 5 heteroatoms. The number of aromatic nitrogens is 3. The lowest BCUT2D eigenvalue weighted by Crippen LogP contribution is -2.32. The van der Waals surface area contributed by atoms with Crippen molar-refractivity contribution in [3.8, 4) is 11.6 Å². The van der Waals surface area contributed by atoms with E-state index in [9.17, 15) is 0 Å². The highest BCUT2D eigenvalue weighted by Gasteiger charge is 2.26. The van der Waals surface area contributed by atoms with Crippen LogP contribution in [-0.4, -0.2) is 38.6 Å². The fraction of sp³-hybridized carbons (Fsp3) is 0.444. The van der Waals surface area contributed by atoms with Gasteiger partial charge in [-0.3, -0.25) is 4.90 Å². The molecular weight excluding hydrogens is 288 g/mol. The van der Waals surface area contributed by atoms with Crippen LogP contribution in [0.25, 0.3) is 22.7 Å². The molecule has 0 aliphatic carbocycles. The summed E-state index contributed by atoms with van der Waals surface area (Å²) in [5.41, 5.74) is 1.87. The van der Waals surface area contributed by atoms with Gasteiger partial charge in [-0.05, 0) is 57.1 Å². The van der Waals surface area contributed by atoms with E-state index in [1.165, 1.54) is 19.4 Å². The quantitative estimate of drug-likeness (QED) is 0.740. The summed E-state index contributed by atoms with van der Waals surface area (Å²) >= 11 is 0. The fourth-order valence-electron chi connectivity index (χ4n) is 3.60. The number of hydrogen-bond acceptors (Lipinski definition) is 4. The van der Waals surface area contributed by atoms with E-state index >= 15 is 0 Å². The summed E-state index contributed by atoms with van der Waals surface area (Å²) in [5.74, 6) is 2.61. The maximum atomic E-state index is 5.83. The summed E-state index contributed by atoms with van der Waals surface area (Å²) in [7, 11) is 0. The Morgan fingerprint density at radius 1 is 1.30 bits per heavy atom. The Balaban J connectivity index is 1.79. The second-order valence-electron chi connectivity index (χ2n) is 6.23. The van der Waals surface area contributed by atoms with Crippen molar-refractivity contribution < 1.29 is 4.42 Å². The third-order valence-corrected chi connectivity index (χ3v) is 4.76. The number of aryl methyl sites for hydroxylation is 1. The number of rotatable bonds is 4. The minimum absolute atomic E-state index is 0.550. The number of hydrogen-bond donors (Lipinski definition) is 0. The summed E-state index contributed by atoms with van der Waals surface area (Å²) in [5, 5.41) is 0. The lowest BCUT2D eigenvalue weighted by Gasteiger charge is -2.23. The molecule has 0 N–H and O–H groups in total. The Labute approximate surface area is 135 Å². The van der Waals surface area contributed by atoms with E-state index in [2.05, 4.69) is 21.4 Å². The van der Waals surface area contributed by atoms with E-state index in [0.717, 1.165) is 41.6 Å². The Bertz CT molecular complexity index is 819. The number of likely N-dealkylation sites (tertiary alicyclic amines) is 1. The van der Waals surface area contributed by atoms with Crippen molar-refractivity contribution in [3.05, 3.63) is 36.2 Å². The van der Waals surface area contributed by atoms with Gasteiger partial charge in [0.2, 0.25) is 0 Å². The first-order valence-electron chi connectivity index (χ1n) is 8.38. The normalized spacial score (nSPS) is 19.0. The first kappa shape index (κ1) is 14.5. The zero-order valence-electron chi connectivity index (χ0n) is 13.7. The van der Waals surface area contributed by atoms with E-state index in [1.54, 1.807) is 0 Å². The molecule has 0 bridgehead atoms. The highest BCUT2D eigenvalue weighted by molar-refractivity contribution is 5.75. The van der Waals surface area contributed by atoms with Gasteiger partial charge in [-0.2, -0.15) is 0 Å². The molecule has 0 amide bonds. The molecule has 1 atom stereocenters. The average Bonchev–Trinajstić information content (AvgIpc) is 3.27. The summed E-state index contributed by atoms with van der Waals surface area (Å²) in [6.45, 7) is 7.40. The molecule has 3 aromatic heterocycles. The van der Waals surface area contributed by atoms with Crippen LogP contribution in [0, 0.1) is 6.92 Å². The van der Waals surface area contributed by atoms with Gasteiger partial charge in [0.05, 0.1) is 0 Å². The third-order valence-electron chi connectivity index (χ3n) is 4.76. The third kappa shape index (κ3) is 2.55. The van der Waals surface area contributed by atoms with Crippen LogP contribution in [0.4, 0.5) is 0 Å². The van der Waals surface area contributed by atoms with Gasteiger partial charge in [0.1, 0.15) is 11.3 Å². The van der Waals surface area contributed by atoms with Gasteiger partial charge in [-0.15, -0.1) is 0 Å². The van der Waals surface area contributed by atoms with Crippen molar-refractivity contribution in [1.29, 1.82) is 0 Å². The van der Waals surface area contributed by atoms with Crippen molar-refractivity contribution in [2.75, 3.05) is 13.1 Å². The Morgan fingerprint density at radius 3 is 3.00 bits per heavy atom. The lowest BCUT2D eigenvalue weighted by molar-refractivity contribution is 0.246. The molecule has 1 unspecified atom stereocenters. The Morgan fingerprint density at radius 2 is 2.22 bits per heavy atom. The van der Waals surface area contributed by atoms with Gasteiger partial charge in [-0.25, -0.2) is 9.97 Å². The van der Waals surface area contributed by atoms with Crippen molar-refractivity contribution in [2.24, 2.45) is 0 Å². The van der Waals surface area contributed by atoms with Crippen molar-refractivity contribution >= 4 is 11.2 Å². The van der Waals surface area contributed by atoms with E-state index < -0.39 is 0 Å². The van der Waals surface area contributed by atoms with E-state index in [0.29, 0.717) is 6.04 Å². The summed E-state index contributed by atoms with van der Waals surface area (Å²) in [6.07, 6.45) is 4.34. The zero-order valence-corrected chi connectivity index (χ0v) is 13.7. The van der Waals surface area contributed by atoms with Gasteiger partial charge in [0.25, 0.3) is 0 Å². The minimum Gasteiger partial charge on any atom is -0.458 e. The smallest absolute Gasteiger partial charge is 0.178 e. The Kier molecular flexibility index (Phi) is 3.65. The Hall–Kier alpha value is -2.14. The number of nitrogens with zero attached hydrogens (tertiary/aromatic N) is 4. The summed E-state index contributed by atoms with van der Waals surface area (Å²) < 4.78 is 8.06. The number of furan rings is 1. The molecular formula is C18H22N4O. The number of likely N-dealkylation sites (N-methyl/N-ethyl adjacent to an activating group) is 1. The second kappa shape index (κ2) is 5.81. The molecule has 4 rings (SSSR count). The van der Waals surface area contributed by atoms with Crippen molar-refractivity contribution in [1.82, 2.24) is 19.4 Å². The number of pyridine rings is 1. The molecule has 1 fully saturated rings. The highest BCUT2D eigenvalue weighted by Crippen LogP contribution is 2.28. The maximum absolute atomic E-state index is 5.83. The predicted octanol–water partition coefficient (Wildman–Crippen LogP) is 3.48. The molecule has 1 aliphatic rings. The molecule has 0 aromatic carbocycles. The standard InChI is InChI=1S/C18H22N4O/c1-3-21-11-5-6-14(21)12-22-17-15(7-4-10-19-17)20-18(22)16-9-8-13(2)23-16/h4,7-10,14H,3,5-6,11-12H2,1-2H3. The molecule has 4 heterocycles. The highest BCUT2D eigenvalue weighted by atomic mass is 16.3. The minimum atomic E-state index is 0.550. The summed E-state index contributed by atoms with van der Waals surface area (Å²) in [6, 6.07) is 8.49. The topological polar surface area (TPSA) is 47.1 Å².